The van der Waals surface area contributed by atoms with Crippen LogP contribution in [-0.2, 0) is 34.7 Å². The molecular weight excluding hydrogens is 444 g/mol. The number of rotatable bonds is 6. The van der Waals surface area contributed by atoms with Crippen LogP contribution in [0.25, 0.3) is 0 Å². The molecule has 2 saturated heterocycles. The van der Waals surface area contributed by atoms with Crippen molar-refractivity contribution >= 4 is 41.5 Å². The fraction of sp³-hybridized carbons (Fsp3) is 0.562. The lowest BCUT2D eigenvalue weighted by molar-refractivity contribution is -0.116. The molecule has 1 atom stereocenters. The molecule has 1 aromatic rings. The molecule has 2 fully saturated rings. The average Bonchev–Trinajstić information content (AvgIpc) is 3.13. The monoisotopic (exact) mass is 466 g/mol. The third kappa shape index (κ3) is 4.13. The van der Waals surface area contributed by atoms with Gasteiger partial charge in [-0.25, -0.2) is 29.6 Å². The Balaban J connectivity index is 2.07. The Kier molecular flexibility index (Phi) is 5.71. The molecule has 1 amide bonds. The number of sulfone groups is 1. The van der Waals surface area contributed by atoms with Gasteiger partial charge >= 0.3 is 0 Å². The van der Waals surface area contributed by atoms with E-state index in [0.717, 1.165) is 10.4 Å². The summed E-state index contributed by atoms with van der Waals surface area (Å²) in [5.74, 6) is -1.39. The lowest BCUT2D eigenvalue weighted by Gasteiger charge is -2.25. The molecule has 2 heterocycles. The molecule has 13 heteroatoms. The quantitative estimate of drug-likeness (QED) is 0.570. The number of ether oxygens (including phenoxy) is 1. The van der Waals surface area contributed by atoms with E-state index in [-0.39, 0.29) is 53.0 Å². The zero-order valence-corrected chi connectivity index (χ0v) is 18.4. The van der Waals surface area contributed by atoms with Crippen LogP contribution in [0.4, 0.5) is 5.69 Å². The summed E-state index contributed by atoms with van der Waals surface area (Å²) in [7, 11) is -10.1. The predicted molar refractivity (Wildman–Crippen MR) is 106 cm³/mol. The van der Waals surface area contributed by atoms with E-state index in [4.69, 9.17) is 4.74 Å². The van der Waals surface area contributed by atoms with Gasteiger partial charge in [0.1, 0.15) is 10.6 Å². The van der Waals surface area contributed by atoms with Crippen LogP contribution in [0.2, 0.25) is 0 Å². The summed E-state index contributed by atoms with van der Waals surface area (Å²) < 4.78 is 81.4. The highest BCUT2D eigenvalue weighted by Crippen LogP contribution is 2.35. The summed E-state index contributed by atoms with van der Waals surface area (Å²) in [6, 6.07) is 2.96. The molecule has 10 nitrogen and oxygen atoms in total. The molecule has 2 aliphatic rings. The van der Waals surface area contributed by atoms with Crippen molar-refractivity contribution in [2.75, 3.05) is 35.2 Å². The van der Waals surface area contributed by atoms with Gasteiger partial charge in [-0.15, -0.1) is 0 Å². The van der Waals surface area contributed by atoms with Crippen molar-refractivity contribution in [3.05, 3.63) is 18.2 Å². The Bertz CT molecular complexity index is 1140. The van der Waals surface area contributed by atoms with E-state index in [9.17, 15) is 30.0 Å². The molecule has 0 spiro atoms. The molecule has 0 N–H and O–H groups in total. The Hall–Kier alpha value is -1.70. The van der Waals surface area contributed by atoms with Crippen LogP contribution >= 0.6 is 0 Å². The standard InChI is InChI=1S/C16H22N2O8S3/c1-3-26-14-5-4-12(18-16(19)7-9-28(18,22)23)10-15(14)29(24,25)17(2)13-6-8-27(20,21)11-13/h4-5,10,13H,3,6-9,11H2,1-2H3/t13-/m1/s1. The first-order chi connectivity index (χ1) is 13.4. The normalized spacial score (nSPS) is 23.6. The van der Waals surface area contributed by atoms with Crippen molar-refractivity contribution in [3.63, 3.8) is 0 Å². The van der Waals surface area contributed by atoms with E-state index >= 15 is 0 Å². The van der Waals surface area contributed by atoms with Crippen molar-refractivity contribution in [1.29, 1.82) is 0 Å². The van der Waals surface area contributed by atoms with Crippen molar-refractivity contribution in [2.24, 2.45) is 0 Å². The van der Waals surface area contributed by atoms with Crippen LogP contribution < -0.4 is 9.04 Å². The minimum Gasteiger partial charge on any atom is -0.492 e. The number of hydrogen-bond donors (Lipinski definition) is 0. The molecule has 2 aliphatic heterocycles. The number of nitrogens with zero attached hydrogens (tertiary/aromatic N) is 2. The zero-order chi connectivity index (χ0) is 21.6. The third-order valence-electron chi connectivity index (χ3n) is 4.92. The van der Waals surface area contributed by atoms with Crippen molar-refractivity contribution in [3.8, 4) is 5.75 Å². The fourth-order valence-electron chi connectivity index (χ4n) is 3.38. The van der Waals surface area contributed by atoms with Gasteiger partial charge in [0.2, 0.25) is 26.0 Å². The second-order valence-corrected chi connectivity index (χ2v) is 13.0. The first-order valence-electron chi connectivity index (χ1n) is 8.90. The van der Waals surface area contributed by atoms with Crippen molar-refractivity contribution < 1.29 is 34.8 Å². The Morgan fingerprint density at radius 2 is 1.90 bits per heavy atom. The largest absolute Gasteiger partial charge is 0.492 e. The molecule has 0 aliphatic carbocycles. The van der Waals surface area contributed by atoms with Crippen LogP contribution in [0.15, 0.2) is 23.1 Å². The zero-order valence-electron chi connectivity index (χ0n) is 15.9. The third-order valence-corrected chi connectivity index (χ3v) is 10.3. The van der Waals surface area contributed by atoms with E-state index in [2.05, 4.69) is 0 Å². The Morgan fingerprint density at radius 1 is 1.21 bits per heavy atom. The number of carbonyl (C=O) groups is 1. The van der Waals surface area contributed by atoms with Crippen LogP contribution in [0.1, 0.15) is 19.8 Å². The average molecular weight is 467 g/mol. The van der Waals surface area contributed by atoms with Crippen LogP contribution in [-0.4, -0.2) is 72.4 Å². The first-order valence-corrected chi connectivity index (χ1v) is 13.8. The maximum absolute atomic E-state index is 13.2. The van der Waals surface area contributed by atoms with E-state index < -0.39 is 41.8 Å². The molecule has 0 radical (unpaired) electrons. The van der Waals surface area contributed by atoms with Gasteiger partial charge in [-0.2, -0.15) is 4.31 Å². The first kappa shape index (κ1) is 22.0. The number of hydrogen-bond acceptors (Lipinski definition) is 8. The van der Waals surface area contributed by atoms with Gasteiger partial charge < -0.3 is 4.74 Å². The highest BCUT2D eigenvalue weighted by molar-refractivity contribution is 7.94. The summed E-state index contributed by atoms with van der Waals surface area (Å²) in [6.07, 6.45) is -0.0157. The highest BCUT2D eigenvalue weighted by atomic mass is 32.2. The highest BCUT2D eigenvalue weighted by Gasteiger charge is 2.40. The van der Waals surface area contributed by atoms with Gasteiger partial charge in [0.15, 0.2) is 9.84 Å². The maximum Gasteiger partial charge on any atom is 0.246 e. The van der Waals surface area contributed by atoms with Crippen LogP contribution in [0, 0.1) is 0 Å². The van der Waals surface area contributed by atoms with Gasteiger partial charge in [0.05, 0.1) is 29.6 Å². The van der Waals surface area contributed by atoms with Gasteiger partial charge in [-0.1, -0.05) is 0 Å². The van der Waals surface area contributed by atoms with Crippen molar-refractivity contribution in [2.45, 2.75) is 30.7 Å². The Labute approximate surface area is 170 Å². The molecule has 0 unspecified atom stereocenters. The molecule has 1 aromatic carbocycles. The molecular formula is C16H22N2O8S3. The number of amides is 1. The van der Waals surface area contributed by atoms with Crippen LogP contribution in [0.5, 0.6) is 5.75 Å². The summed E-state index contributed by atoms with van der Waals surface area (Å²) in [6.45, 7) is 1.82. The summed E-state index contributed by atoms with van der Waals surface area (Å²) in [5, 5.41) is 0. The lowest BCUT2D eigenvalue weighted by atomic mass is 10.3. The second-order valence-electron chi connectivity index (χ2n) is 6.87. The van der Waals surface area contributed by atoms with Gasteiger partial charge in [0.25, 0.3) is 0 Å². The van der Waals surface area contributed by atoms with Crippen LogP contribution in [0.3, 0.4) is 0 Å². The fourth-order valence-corrected chi connectivity index (χ4v) is 8.24. The number of benzene rings is 1. The smallest absolute Gasteiger partial charge is 0.246 e. The summed E-state index contributed by atoms with van der Waals surface area (Å²) >= 11 is 0. The molecule has 29 heavy (non-hydrogen) atoms. The molecule has 162 valence electrons. The molecule has 0 saturated carbocycles. The van der Waals surface area contributed by atoms with Gasteiger partial charge in [-0.05, 0) is 31.5 Å². The molecule has 0 aromatic heterocycles. The topological polar surface area (TPSA) is 135 Å². The lowest BCUT2D eigenvalue weighted by Crippen LogP contribution is -2.38. The summed E-state index contributed by atoms with van der Waals surface area (Å²) in [5.41, 5.74) is -0.0954. The summed E-state index contributed by atoms with van der Waals surface area (Å²) in [4.78, 5) is 11.7. The molecule has 3 rings (SSSR count). The Morgan fingerprint density at radius 3 is 2.41 bits per heavy atom. The van der Waals surface area contributed by atoms with Crippen molar-refractivity contribution in [1.82, 2.24) is 4.31 Å². The van der Waals surface area contributed by atoms with E-state index in [1.165, 1.54) is 19.2 Å². The van der Waals surface area contributed by atoms with E-state index in [1.54, 1.807) is 6.92 Å². The minimum atomic E-state index is -4.22. The number of carbonyl (C=O) groups excluding carboxylic acids is 1. The van der Waals surface area contributed by atoms with Gasteiger partial charge in [0, 0.05) is 19.5 Å². The predicted octanol–water partition coefficient (Wildman–Crippen LogP) is -0.0406. The SMILES string of the molecule is CCOc1ccc(N2C(=O)CCS2(=O)=O)cc1S(=O)(=O)N(C)[C@@H]1CCS(=O)(=O)C1. The van der Waals surface area contributed by atoms with E-state index in [0.29, 0.717) is 4.31 Å². The van der Waals surface area contributed by atoms with E-state index in [1.807, 2.05) is 0 Å². The van der Waals surface area contributed by atoms with Gasteiger partial charge in [-0.3, -0.25) is 4.79 Å². The number of anilines is 1. The minimum absolute atomic E-state index is 0.00648. The molecule has 0 bridgehead atoms. The second kappa shape index (κ2) is 7.52. The maximum atomic E-state index is 13.2. The number of sulfonamides is 2.